The zero-order chi connectivity index (χ0) is 20.8. The SMILES string of the molecule is C=NN(/C=C(\N)c1cc(C(C)C)c(OC)cc1OC)Cc1ccc(F)cc1Cl. The monoisotopic (exact) mass is 405 g/mol. The molecule has 2 rings (SSSR count). The van der Waals surface area contributed by atoms with Crippen LogP contribution in [0.2, 0.25) is 5.02 Å². The number of ether oxygens (including phenoxy) is 2. The predicted octanol–water partition coefficient (Wildman–Crippen LogP) is 4.99. The lowest BCUT2D eigenvalue weighted by molar-refractivity contribution is 0.387. The molecule has 0 amide bonds. The summed E-state index contributed by atoms with van der Waals surface area (Å²) in [5, 5.41) is 5.81. The summed E-state index contributed by atoms with van der Waals surface area (Å²) in [6, 6.07) is 7.96. The van der Waals surface area contributed by atoms with E-state index < -0.39 is 5.82 Å². The molecule has 0 fully saturated rings. The molecule has 5 nitrogen and oxygen atoms in total. The second-order valence-electron chi connectivity index (χ2n) is 6.51. The van der Waals surface area contributed by atoms with E-state index >= 15 is 0 Å². The lowest BCUT2D eigenvalue weighted by Crippen LogP contribution is -2.13. The van der Waals surface area contributed by atoms with Crippen molar-refractivity contribution in [2.24, 2.45) is 10.8 Å². The fourth-order valence-electron chi connectivity index (χ4n) is 2.79. The summed E-state index contributed by atoms with van der Waals surface area (Å²) in [6.07, 6.45) is 1.64. The zero-order valence-electron chi connectivity index (χ0n) is 16.5. The first kappa shape index (κ1) is 21.6. The zero-order valence-corrected chi connectivity index (χ0v) is 17.3. The van der Waals surface area contributed by atoms with E-state index in [2.05, 4.69) is 25.7 Å². The normalized spacial score (nSPS) is 11.5. The van der Waals surface area contributed by atoms with Crippen LogP contribution in [0.4, 0.5) is 4.39 Å². The van der Waals surface area contributed by atoms with Gasteiger partial charge in [0, 0.05) is 29.6 Å². The van der Waals surface area contributed by atoms with Gasteiger partial charge in [0.2, 0.25) is 0 Å². The van der Waals surface area contributed by atoms with Gasteiger partial charge >= 0.3 is 0 Å². The molecule has 2 aromatic carbocycles. The van der Waals surface area contributed by atoms with Crippen LogP contribution in [0.15, 0.2) is 41.6 Å². The molecule has 0 radical (unpaired) electrons. The van der Waals surface area contributed by atoms with Gasteiger partial charge in [-0.2, -0.15) is 5.10 Å². The third-order valence-corrected chi connectivity index (χ3v) is 4.65. The van der Waals surface area contributed by atoms with Gasteiger partial charge in [-0.05, 0) is 35.2 Å². The highest BCUT2D eigenvalue weighted by Crippen LogP contribution is 2.35. The van der Waals surface area contributed by atoms with Gasteiger partial charge in [-0.15, -0.1) is 0 Å². The van der Waals surface area contributed by atoms with Crippen LogP contribution < -0.4 is 15.2 Å². The minimum atomic E-state index is -0.397. The predicted molar refractivity (Wildman–Crippen MR) is 112 cm³/mol. The largest absolute Gasteiger partial charge is 0.496 e. The fraction of sp³-hybridized carbons (Fsp3) is 0.286. The number of methoxy groups -OCH3 is 2. The van der Waals surface area contributed by atoms with E-state index in [9.17, 15) is 4.39 Å². The smallest absolute Gasteiger partial charge is 0.131 e. The Kier molecular flexibility index (Phi) is 7.29. The van der Waals surface area contributed by atoms with Gasteiger partial charge < -0.3 is 15.2 Å². The Bertz CT molecular complexity index is 884. The van der Waals surface area contributed by atoms with Gasteiger partial charge in [-0.3, -0.25) is 5.01 Å². The highest BCUT2D eigenvalue weighted by molar-refractivity contribution is 6.31. The maximum absolute atomic E-state index is 13.3. The van der Waals surface area contributed by atoms with Crippen molar-refractivity contribution in [2.45, 2.75) is 26.3 Å². The second-order valence-corrected chi connectivity index (χ2v) is 6.92. The van der Waals surface area contributed by atoms with Crippen molar-refractivity contribution >= 4 is 24.0 Å². The number of hydrogen-bond acceptors (Lipinski definition) is 5. The van der Waals surface area contributed by atoms with Gasteiger partial charge in [0.1, 0.15) is 17.3 Å². The summed E-state index contributed by atoms with van der Waals surface area (Å²) < 4.78 is 24.2. The lowest BCUT2D eigenvalue weighted by Gasteiger charge is -2.19. The Morgan fingerprint density at radius 3 is 2.46 bits per heavy atom. The maximum Gasteiger partial charge on any atom is 0.131 e. The van der Waals surface area contributed by atoms with Crippen LogP contribution in [0.25, 0.3) is 5.70 Å². The van der Waals surface area contributed by atoms with E-state index in [4.69, 9.17) is 26.8 Å². The van der Waals surface area contributed by atoms with Crippen LogP contribution in [0, 0.1) is 5.82 Å². The Hall–Kier alpha value is -2.73. The molecule has 0 spiro atoms. The highest BCUT2D eigenvalue weighted by Gasteiger charge is 2.16. The van der Waals surface area contributed by atoms with E-state index in [-0.39, 0.29) is 5.92 Å². The molecule has 7 heteroatoms. The second kappa shape index (κ2) is 9.46. The van der Waals surface area contributed by atoms with Crippen LogP contribution >= 0.6 is 11.6 Å². The molecule has 0 aliphatic carbocycles. The molecule has 0 saturated heterocycles. The minimum absolute atomic E-state index is 0.235. The summed E-state index contributed by atoms with van der Waals surface area (Å²) in [7, 11) is 3.19. The number of benzene rings is 2. The van der Waals surface area contributed by atoms with Gasteiger partial charge in [-0.1, -0.05) is 31.5 Å². The Balaban J connectivity index is 2.41. The molecule has 0 aliphatic rings. The average Bonchev–Trinajstić information content (AvgIpc) is 2.67. The summed E-state index contributed by atoms with van der Waals surface area (Å²) in [4.78, 5) is 0. The molecule has 0 atom stereocenters. The summed E-state index contributed by atoms with van der Waals surface area (Å²) >= 11 is 6.11. The van der Waals surface area contributed by atoms with Gasteiger partial charge in [0.15, 0.2) is 0 Å². The van der Waals surface area contributed by atoms with Gasteiger partial charge in [0.05, 0.1) is 26.5 Å². The maximum atomic E-state index is 13.3. The molecular formula is C21H25ClFN3O2. The van der Waals surface area contributed by atoms with Crippen molar-refractivity contribution in [3.63, 3.8) is 0 Å². The molecule has 150 valence electrons. The summed E-state index contributed by atoms with van der Waals surface area (Å²) in [5.41, 5.74) is 9.20. The highest BCUT2D eigenvalue weighted by atomic mass is 35.5. The van der Waals surface area contributed by atoms with Crippen molar-refractivity contribution in [2.75, 3.05) is 14.2 Å². The molecule has 2 N–H and O–H groups in total. The molecule has 28 heavy (non-hydrogen) atoms. The van der Waals surface area contributed by atoms with Crippen LogP contribution in [0.3, 0.4) is 0 Å². The van der Waals surface area contributed by atoms with Crippen LogP contribution in [0.5, 0.6) is 11.5 Å². The Labute approximate surface area is 170 Å². The Morgan fingerprint density at radius 1 is 1.25 bits per heavy atom. The standard InChI is InChI=1S/C21H25ClFN3O2/c1-13(2)16-9-17(21(28-5)10-20(16)27-4)19(24)12-26(25-3)11-14-6-7-15(23)8-18(14)22/h6-10,12-13H,3,11,24H2,1-2,4-5H3/b19-12-. The molecule has 0 heterocycles. The van der Waals surface area contributed by atoms with E-state index in [1.165, 1.54) is 17.1 Å². The molecule has 0 bridgehead atoms. The number of nitrogens with zero attached hydrogens (tertiary/aromatic N) is 2. The molecule has 0 unspecified atom stereocenters. The lowest BCUT2D eigenvalue weighted by atomic mass is 9.97. The molecule has 0 aromatic heterocycles. The molecule has 0 aliphatic heterocycles. The fourth-order valence-corrected chi connectivity index (χ4v) is 3.02. The average molecular weight is 406 g/mol. The van der Waals surface area contributed by atoms with Crippen molar-refractivity contribution in [1.29, 1.82) is 0 Å². The third kappa shape index (κ3) is 4.95. The quantitative estimate of drug-likeness (QED) is 0.496. The van der Waals surface area contributed by atoms with Crippen LogP contribution in [-0.4, -0.2) is 25.9 Å². The summed E-state index contributed by atoms with van der Waals surface area (Å²) in [6.45, 7) is 8.01. The van der Waals surface area contributed by atoms with E-state index in [1.54, 1.807) is 26.5 Å². The first-order chi connectivity index (χ1) is 13.3. The van der Waals surface area contributed by atoms with Gasteiger partial charge in [-0.25, -0.2) is 4.39 Å². The van der Waals surface area contributed by atoms with Gasteiger partial charge in [0.25, 0.3) is 0 Å². The van der Waals surface area contributed by atoms with Crippen LogP contribution in [-0.2, 0) is 6.54 Å². The number of rotatable bonds is 8. The van der Waals surface area contributed by atoms with E-state index in [1.807, 2.05) is 12.1 Å². The molecular weight excluding hydrogens is 381 g/mol. The van der Waals surface area contributed by atoms with Crippen molar-refractivity contribution in [3.8, 4) is 11.5 Å². The first-order valence-electron chi connectivity index (χ1n) is 8.71. The molecule has 0 saturated carbocycles. The Morgan fingerprint density at radius 2 is 1.93 bits per heavy atom. The number of nitrogens with two attached hydrogens (primary N) is 1. The van der Waals surface area contributed by atoms with E-state index in [0.29, 0.717) is 34.1 Å². The summed E-state index contributed by atoms with van der Waals surface area (Å²) in [5.74, 6) is 1.16. The van der Waals surface area contributed by atoms with Crippen LogP contribution in [0.1, 0.15) is 36.5 Å². The number of halogens is 2. The van der Waals surface area contributed by atoms with E-state index in [0.717, 1.165) is 11.3 Å². The minimum Gasteiger partial charge on any atom is -0.496 e. The van der Waals surface area contributed by atoms with Crippen molar-refractivity contribution in [3.05, 3.63) is 64.1 Å². The topological polar surface area (TPSA) is 60.1 Å². The van der Waals surface area contributed by atoms with Crippen molar-refractivity contribution < 1.29 is 13.9 Å². The first-order valence-corrected chi connectivity index (χ1v) is 9.09. The number of hydrazone groups is 1. The number of hydrogen-bond donors (Lipinski definition) is 1. The van der Waals surface area contributed by atoms with Crippen molar-refractivity contribution in [1.82, 2.24) is 5.01 Å². The molecule has 2 aromatic rings. The third-order valence-electron chi connectivity index (χ3n) is 4.30.